The largest absolute Gasteiger partial charge is 0.447 e. The Morgan fingerprint density at radius 1 is 1.80 bits per heavy atom. The quantitative estimate of drug-likeness (QED) is 0.581. The van der Waals surface area contributed by atoms with Crippen molar-refractivity contribution in [2.45, 2.75) is 18.9 Å². The Bertz CT molecular complexity index is 126. The zero-order chi connectivity index (χ0) is 7.40. The van der Waals surface area contributed by atoms with Gasteiger partial charge in [-0.1, -0.05) is 0 Å². The predicted octanol–water partition coefficient (Wildman–Crippen LogP) is -0.133. The average molecular weight is 145 g/mol. The number of aliphatic hydroxyl groups is 1. The molecule has 58 valence electrons. The van der Waals surface area contributed by atoms with Gasteiger partial charge in [0.25, 0.3) is 0 Å². The van der Waals surface area contributed by atoms with E-state index in [9.17, 15) is 4.79 Å². The van der Waals surface area contributed by atoms with Crippen LogP contribution in [0.5, 0.6) is 0 Å². The molecular weight excluding hydrogens is 134 g/mol. The lowest BCUT2D eigenvalue weighted by Gasteiger charge is -2.03. The van der Waals surface area contributed by atoms with Crippen molar-refractivity contribution in [3.8, 4) is 0 Å². The second-order valence-electron chi connectivity index (χ2n) is 2.31. The number of carbonyl (C=O) groups excluding carboxylic acids is 1. The van der Waals surface area contributed by atoms with Gasteiger partial charge in [-0.3, -0.25) is 0 Å². The molecule has 10 heavy (non-hydrogen) atoms. The minimum atomic E-state index is -0.345. The first-order valence-corrected chi connectivity index (χ1v) is 3.37. The summed E-state index contributed by atoms with van der Waals surface area (Å²) >= 11 is 0. The molecule has 1 atom stereocenters. The second kappa shape index (κ2) is 3.41. The van der Waals surface area contributed by atoms with Gasteiger partial charge in [-0.05, 0) is 12.8 Å². The highest BCUT2D eigenvalue weighted by Crippen LogP contribution is 2.03. The van der Waals surface area contributed by atoms with E-state index in [1.165, 1.54) is 0 Å². The van der Waals surface area contributed by atoms with Gasteiger partial charge in [-0.2, -0.15) is 0 Å². The Hall–Kier alpha value is -0.770. The number of nitrogens with one attached hydrogen (secondary N) is 1. The number of alkyl carbamates (subject to hydrolysis) is 1. The monoisotopic (exact) mass is 145 g/mol. The molecule has 1 amide bonds. The number of ether oxygens (including phenoxy) is 1. The van der Waals surface area contributed by atoms with Crippen LogP contribution in [-0.2, 0) is 4.74 Å². The fourth-order valence-electron chi connectivity index (χ4n) is 0.919. The molecule has 1 aliphatic heterocycles. The topological polar surface area (TPSA) is 58.6 Å². The first kappa shape index (κ1) is 7.34. The van der Waals surface area contributed by atoms with E-state index in [1.54, 1.807) is 0 Å². The van der Waals surface area contributed by atoms with Crippen LogP contribution in [0.4, 0.5) is 4.79 Å². The van der Waals surface area contributed by atoms with Crippen LogP contribution < -0.4 is 5.32 Å². The Morgan fingerprint density at radius 3 is 3.10 bits per heavy atom. The maximum Gasteiger partial charge on any atom is 0.407 e. The highest BCUT2D eigenvalue weighted by molar-refractivity contribution is 5.69. The third-order valence-corrected chi connectivity index (χ3v) is 1.45. The molecule has 1 heterocycles. The van der Waals surface area contributed by atoms with Crippen LogP contribution in [0.1, 0.15) is 12.8 Å². The van der Waals surface area contributed by atoms with Gasteiger partial charge < -0.3 is 15.2 Å². The van der Waals surface area contributed by atoms with Gasteiger partial charge in [0.15, 0.2) is 0 Å². The molecule has 1 fully saturated rings. The van der Waals surface area contributed by atoms with Crippen molar-refractivity contribution in [1.29, 1.82) is 0 Å². The third kappa shape index (κ3) is 1.88. The molecule has 0 radical (unpaired) electrons. The number of cyclic esters (lactones) is 1. The highest BCUT2D eigenvalue weighted by atomic mass is 16.6. The minimum absolute atomic E-state index is 0.111. The summed E-state index contributed by atoms with van der Waals surface area (Å²) in [5, 5.41) is 11.1. The average Bonchev–Trinajstić information content (AvgIpc) is 2.31. The first-order chi connectivity index (χ1) is 4.83. The number of amides is 1. The van der Waals surface area contributed by atoms with E-state index in [0.717, 1.165) is 6.42 Å². The zero-order valence-corrected chi connectivity index (χ0v) is 5.67. The van der Waals surface area contributed by atoms with Crippen LogP contribution in [0.3, 0.4) is 0 Å². The van der Waals surface area contributed by atoms with Crippen molar-refractivity contribution < 1.29 is 14.6 Å². The van der Waals surface area contributed by atoms with Gasteiger partial charge >= 0.3 is 6.09 Å². The molecule has 1 aliphatic rings. The van der Waals surface area contributed by atoms with E-state index in [1.807, 2.05) is 0 Å². The smallest absolute Gasteiger partial charge is 0.407 e. The van der Waals surface area contributed by atoms with Crippen LogP contribution in [0, 0.1) is 0 Å². The summed E-state index contributed by atoms with van der Waals surface area (Å²) in [5.41, 5.74) is 0. The molecule has 2 N–H and O–H groups in total. The van der Waals surface area contributed by atoms with Crippen LogP contribution in [-0.4, -0.2) is 30.5 Å². The van der Waals surface area contributed by atoms with E-state index < -0.39 is 0 Å². The van der Waals surface area contributed by atoms with Gasteiger partial charge in [-0.25, -0.2) is 4.79 Å². The lowest BCUT2D eigenvalue weighted by atomic mass is 10.2. The van der Waals surface area contributed by atoms with Crippen LogP contribution in [0.25, 0.3) is 0 Å². The molecule has 0 aliphatic carbocycles. The molecule has 0 saturated carbocycles. The molecule has 0 aromatic carbocycles. The molecule has 4 heteroatoms. The zero-order valence-electron chi connectivity index (χ0n) is 5.67. The Labute approximate surface area is 59.2 Å². The molecule has 1 saturated heterocycles. The van der Waals surface area contributed by atoms with Crippen molar-refractivity contribution in [1.82, 2.24) is 5.32 Å². The normalized spacial score (nSPS) is 24.1. The SMILES string of the molecule is O=C1N[C@@H](CCCO)CO1. The standard InChI is InChI=1S/C6H11NO3/c8-3-1-2-5-4-10-6(9)7-5/h5,8H,1-4H2,(H,7,9)/t5-/m0/s1. The number of rotatable bonds is 3. The van der Waals surface area contributed by atoms with Crippen molar-refractivity contribution in [2.24, 2.45) is 0 Å². The van der Waals surface area contributed by atoms with E-state index in [-0.39, 0.29) is 18.7 Å². The van der Waals surface area contributed by atoms with Crippen LogP contribution in [0.2, 0.25) is 0 Å². The molecule has 0 aromatic rings. The number of aliphatic hydroxyl groups excluding tert-OH is 1. The van der Waals surface area contributed by atoms with E-state index in [4.69, 9.17) is 5.11 Å². The summed E-state index contributed by atoms with van der Waals surface area (Å²) in [5.74, 6) is 0. The van der Waals surface area contributed by atoms with Crippen molar-refractivity contribution in [2.75, 3.05) is 13.2 Å². The predicted molar refractivity (Wildman–Crippen MR) is 34.6 cm³/mol. The van der Waals surface area contributed by atoms with Crippen LogP contribution in [0.15, 0.2) is 0 Å². The fourth-order valence-corrected chi connectivity index (χ4v) is 0.919. The van der Waals surface area contributed by atoms with E-state index in [2.05, 4.69) is 10.1 Å². The summed E-state index contributed by atoms with van der Waals surface area (Å²) in [6, 6.07) is 0.111. The van der Waals surface area contributed by atoms with Crippen LogP contribution >= 0.6 is 0 Å². The maximum absolute atomic E-state index is 10.4. The third-order valence-electron chi connectivity index (χ3n) is 1.45. The fraction of sp³-hybridized carbons (Fsp3) is 0.833. The summed E-state index contributed by atoms with van der Waals surface area (Å²) in [4.78, 5) is 10.4. The van der Waals surface area contributed by atoms with Gasteiger partial charge in [0.05, 0.1) is 6.04 Å². The second-order valence-corrected chi connectivity index (χ2v) is 2.31. The van der Waals surface area contributed by atoms with Crippen molar-refractivity contribution in [3.05, 3.63) is 0 Å². The lowest BCUT2D eigenvalue weighted by Crippen LogP contribution is -2.26. The number of carbonyl (C=O) groups is 1. The maximum atomic E-state index is 10.4. The first-order valence-electron chi connectivity index (χ1n) is 3.37. The van der Waals surface area contributed by atoms with E-state index >= 15 is 0 Å². The lowest BCUT2D eigenvalue weighted by molar-refractivity contribution is 0.176. The molecule has 0 unspecified atom stereocenters. The Kier molecular flexibility index (Phi) is 2.50. The van der Waals surface area contributed by atoms with Gasteiger partial charge in [-0.15, -0.1) is 0 Å². The minimum Gasteiger partial charge on any atom is -0.447 e. The van der Waals surface area contributed by atoms with Gasteiger partial charge in [0.2, 0.25) is 0 Å². The molecule has 0 bridgehead atoms. The molecule has 0 aromatic heterocycles. The van der Waals surface area contributed by atoms with Crippen molar-refractivity contribution in [3.63, 3.8) is 0 Å². The molecular formula is C6H11NO3. The van der Waals surface area contributed by atoms with Gasteiger partial charge in [0, 0.05) is 6.61 Å². The summed E-state index contributed by atoms with van der Waals surface area (Å²) in [7, 11) is 0. The van der Waals surface area contributed by atoms with Crippen molar-refractivity contribution >= 4 is 6.09 Å². The highest BCUT2D eigenvalue weighted by Gasteiger charge is 2.20. The number of hydrogen-bond donors (Lipinski definition) is 2. The molecule has 0 spiro atoms. The van der Waals surface area contributed by atoms with Gasteiger partial charge in [0.1, 0.15) is 6.61 Å². The summed E-state index contributed by atoms with van der Waals surface area (Å²) in [6.45, 7) is 0.616. The number of hydrogen-bond acceptors (Lipinski definition) is 3. The summed E-state index contributed by atoms with van der Waals surface area (Å²) in [6.07, 6.45) is 1.17. The Balaban J connectivity index is 2.12. The van der Waals surface area contributed by atoms with E-state index in [0.29, 0.717) is 13.0 Å². The molecule has 1 rings (SSSR count). The summed E-state index contributed by atoms with van der Waals surface area (Å²) < 4.78 is 4.63. The molecule has 4 nitrogen and oxygen atoms in total. The Morgan fingerprint density at radius 2 is 2.60 bits per heavy atom.